The van der Waals surface area contributed by atoms with Crippen LogP contribution in [0.2, 0.25) is 0 Å². The molecule has 0 saturated carbocycles. The van der Waals surface area contributed by atoms with Crippen LogP contribution in [0.3, 0.4) is 0 Å². The number of hydrogen-bond acceptors (Lipinski definition) is 0. The van der Waals surface area contributed by atoms with Gasteiger partial charge in [0, 0.05) is 0 Å². The zero-order valence-corrected chi connectivity index (χ0v) is 7.24. The van der Waals surface area contributed by atoms with Crippen molar-refractivity contribution in [2.24, 2.45) is 0 Å². The number of rotatable bonds is 0. The molecule has 0 unspecified atom stereocenters. The Morgan fingerprint density at radius 2 is 0.667 bits per heavy atom. The molecule has 34 valence electrons. The predicted octanol–water partition coefficient (Wildman–Crippen LogP) is -3.36. The van der Waals surface area contributed by atoms with E-state index in [4.69, 9.17) is 0 Å². The van der Waals surface area contributed by atoms with Gasteiger partial charge in [-0.1, -0.05) is 0 Å². The van der Waals surface area contributed by atoms with Gasteiger partial charge >= 0.3 is 63.7 Å². The summed E-state index contributed by atoms with van der Waals surface area (Å²) in [6, 6.07) is 0. The summed E-state index contributed by atoms with van der Waals surface area (Å²) in [5.74, 6) is 0. The third kappa shape index (κ3) is 38.9. The van der Waals surface area contributed by atoms with Gasteiger partial charge in [-0.3, -0.25) is 0 Å². The van der Waals surface area contributed by atoms with Crippen LogP contribution < -0.4 is 29.6 Å². The van der Waals surface area contributed by atoms with Crippen LogP contribution in [0.1, 0.15) is 0 Å². The van der Waals surface area contributed by atoms with Gasteiger partial charge in [0.05, 0.1) is 0 Å². The monoisotopic (exact) mass is 182 g/mol. The van der Waals surface area contributed by atoms with Crippen LogP contribution in [0.4, 0.5) is 0 Å². The molecule has 0 aromatic carbocycles. The minimum atomic E-state index is 0. The van der Waals surface area contributed by atoms with Crippen LogP contribution in [0.5, 0.6) is 0 Å². The molecule has 0 aromatic rings. The summed E-state index contributed by atoms with van der Waals surface area (Å²) in [5.41, 5.74) is 0. The fraction of sp³-hybridized carbons (Fsp3) is 0. The van der Waals surface area contributed by atoms with E-state index in [9.17, 15) is 0 Å². The summed E-state index contributed by atoms with van der Waals surface area (Å²) >= 11 is 0. The fourth-order valence-corrected chi connectivity index (χ4v) is 0. The quantitative estimate of drug-likeness (QED) is 0.350. The van der Waals surface area contributed by atoms with Crippen molar-refractivity contribution in [3.63, 3.8) is 0 Å². The molecular formula is FeMnNaO3. The second-order valence-corrected chi connectivity index (χ2v) is 0. The predicted molar refractivity (Wildman–Crippen MR) is 2.06 cm³/mol. The normalized spacial score (nSPS) is 0. The zero-order chi connectivity index (χ0) is 0. The van der Waals surface area contributed by atoms with Crippen molar-refractivity contribution in [2.75, 3.05) is 0 Å². The van der Waals surface area contributed by atoms with E-state index in [1.54, 1.807) is 0 Å². The molecule has 0 aliphatic rings. The molecule has 0 rings (SSSR count). The Morgan fingerprint density at radius 1 is 0.667 bits per heavy atom. The maximum Gasteiger partial charge on any atom is 3.00 e. The van der Waals surface area contributed by atoms with Crippen LogP contribution >= 0.6 is 0 Å². The first-order valence-electron chi connectivity index (χ1n) is 0. The first-order valence-corrected chi connectivity index (χ1v) is 0. The van der Waals surface area contributed by atoms with Gasteiger partial charge in [-0.25, -0.2) is 0 Å². The molecule has 6 heteroatoms. The van der Waals surface area contributed by atoms with Gasteiger partial charge in [0.2, 0.25) is 0 Å². The molecule has 0 aromatic heterocycles. The second-order valence-electron chi connectivity index (χ2n) is 0. The van der Waals surface area contributed by atoms with E-state index < -0.39 is 0 Å². The molecule has 0 aliphatic carbocycles. The van der Waals surface area contributed by atoms with Crippen molar-refractivity contribution in [3.05, 3.63) is 0 Å². The SMILES string of the molecule is [Fe+3].[Mn+2].[Na+].[O-2].[O-2].[O-2]. The summed E-state index contributed by atoms with van der Waals surface area (Å²) in [5, 5.41) is 0. The van der Waals surface area contributed by atoms with Crippen molar-refractivity contribution in [2.45, 2.75) is 0 Å². The maximum absolute atomic E-state index is 0. The molecule has 0 bridgehead atoms. The largest absolute Gasteiger partial charge is 3.00 e. The molecule has 0 spiro atoms. The van der Waals surface area contributed by atoms with Gasteiger partial charge in [-0.2, -0.15) is 0 Å². The van der Waals surface area contributed by atoms with Gasteiger partial charge in [0.25, 0.3) is 0 Å². The summed E-state index contributed by atoms with van der Waals surface area (Å²) < 4.78 is 0. The molecule has 0 fully saturated rings. The molecule has 3 nitrogen and oxygen atoms in total. The van der Waals surface area contributed by atoms with E-state index in [0.29, 0.717) is 0 Å². The van der Waals surface area contributed by atoms with Crippen LogP contribution in [0, 0.1) is 0 Å². The Labute approximate surface area is 79.4 Å². The summed E-state index contributed by atoms with van der Waals surface area (Å²) in [6.45, 7) is 0. The van der Waals surface area contributed by atoms with E-state index >= 15 is 0 Å². The second kappa shape index (κ2) is 65.8. The van der Waals surface area contributed by atoms with E-state index in [-0.39, 0.29) is 80.1 Å². The third-order valence-electron chi connectivity index (χ3n) is 0. The molecular weight excluding hydrogens is 182 g/mol. The molecule has 0 saturated heterocycles. The molecule has 2 radical (unpaired) electrons. The van der Waals surface area contributed by atoms with Crippen LogP contribution in [-0.4, -0.2) is 0 Å². The zero-order valence-electron chi connectivity index (χ0n) is 2.96. The molecule has 6 heavy (non-hydrogen) atoms. The molecule has 0 atom stereocenters. The fourth-order valence-electron chi connectivity index (χ4n) is 0. The van der Waals surface area contributed by atoms with Gasteiger partial charge in [-0.15, -0.1) is 0 Å². The molecule has 0 N–H and O–H groups in total. The number of hydrogen-bond donors (Lipinski definition) is 0. The Morgan fingerprint density at radius 3 is 0.667 bits per heavy atom. The van der Waals surface area contributed by atoms with Crippen molar-refractivity contribution >= 4 is 0 Å². The van der Waals surface area contributed by atoms with Gasteiger partial charge in [0.15, 0.2) is 0 Å². The summed E-state index contributed by atoms with van der Waals surface area (Å²) in [4.78, 5) is 0. The third-order valence-corrected chi connectivity index (χ3v) is 0. The smallest absolute Gasteiger partial charge is 2.00 e. The Bertz CT molecular complexity index is 10.8. The summed E-state index contributed by atoms with van der Waals surface area (Å²) in [6.07, 6.45) is 0. The van der Waals surface area contributed by atoms with E-state index in [0.717, 1.165) is 0 Å². The van der Waals surface area contributed by atoms with Crippen LogP contribution in [0.15, 0.2) is 0 Å². The Balaban J connectivity index is 0. The van der Waals surface area contributed by atoms with E-state index in [1.807, 2.05) is 0 Å². The minimum absolute atomic E-state index is 0. The Hall–Kier alpha value is 1.92. The van der Waals surface area contributed by atoms with Crippen molar-refractivity contribution < 1.29 is 80.1 Å². The maximum atomic E-state index is 0. The topological polar surface area (TPSA) is 85.5 Å². The minimum Gasteiger partial charge on any atom is -2.00 e. The van der Waals surface area contributed by atoms with Crippen molar-refractivity contribution in [3.8, 4) is 0 Å². The van der Waals surface area contributed by atoms with Crippen LogP contribution in [-0.2, 0) is 50.6 Å². The molecule has 0 aliphatic heterocycles. The van der Waals surface area contributed by atoms with Crippen molar-refractivity contribution in [1.29, 1.82) is 0 Å². The van der Waals surface area contributed by atoms with E-state index in [1.165, 1.54) is 0 Å². The average molecular weight is 182 g/mol. The summed E-state index contributed by atoms with van der Waals surface area (Å²) in [7, 11) is 0. The first-order chi connectivity index (χ1) is 0. The Kier molecular flexibility index (Phi) is 1130. The molecule has 0 amide bonds. The van der Waals surface area contributed by atoms with Crippen molar-refractivity contribution in [1.82, 2.24) is 0 Å². The van der Waals surface area contributed by atoms with Gasteiger partial charge in [0.1, 0.15) is 0 Å². The van der Waals surface area contributed by atoms with Gasteiger partial charge < -0.3 is 16.4 Å². The van der Waals surface area contributed by atoms with E-state index in [2.05, 4.69) is 0 Å². The van der Waals surface area contributed by atoms with Crippen LogP contribution in [0.25, 0.3) is 0 Å². The average Bonchev–Trinajstić information content (AvgIpc) is 0. The standard InChI is InChI=1S/Fe.Mn.Na.3O/q+3;+2;+1;3*-2. The first kappa shape index (κ1) is 103. The molecule has 0 heterocycles. The van der Waals surface area contributed by atoms with Gasteiger partial charge in [-0.05, 0) is 0 Å².